The van der Waals surface area contributed by atoms with Crippen LogP contribution >= 0.6 is 11.6 Å². The number of nitrogens with two attached hydrogens (primary N) is 3. The lowest BCUT2D eigenvalue weighted by molar-refractivity contribution is 0.0724. The van der Waals surface area contributed by atoms with E-state index in [0.717, 1.165) is 56.3 Å². The average Bonchev–Trinajstić information content (AvgIpc) is 2.81. The first-order valence-corrected chi connectivity index (χ1v) is 11.3. The van der Waals surface area contributed by atoms with Gasteiger partial charge in [-0.15, -0.1) is 0 Å². The highest BCUT2D eigenvalue weighted by molar-refractivity contribution is 6.31. The van der Waals surface area contributed by atoms with Gasteiger partial charge in [-0.3, -0.25) is 19.9 Å². The zero-order valence-electron chi connectivity index (χ0n) is 18.4. The van der Waals surface area contributed by atoms with Crippen LogP contribution in [0.5, 0.6) is 0 Å². The number of carbonyl (C=O) groups excluding carboxylic acids is 2. The number of nitrogens with one attached hydrogen (secondary N) is 1. The lowest BCUT2D eigenvalue weighted by Gasteiger charge is -2.26. The van der Waals surface area contributed by atoms with Crippen molar-refractivity contribution in [3.63, 3.8) is 0 Å². The molecule has 2 aromatic rings. The highest BCUT2D eigenvalue weighted by Crippen LogP contribution is 2.17. The smallest absolute Gasteiger partial charge is 0.280 e. The number of carbonyl (C=O) groups is 2. The van der Waals surface area contributed by atoms with Crippen molar-refractivity contribution in [2.75, 3.05) is 31.1 Å². The number of piperidine rings is 1. The van der Waals surface area contributed by atoms with Crippen molar-refractivity contribution in [1.82, 2.24) is 20.2 Å². The van der Waals surface area contributed by atoms with Crippen LogP contribution in [0, 0.1) is 0 Å². The van der Waals surface area contributed by atoms with E-state index in [0.29, 0.717) is 6.54 Å². The van der Waals surface area contributed by atoms with Gasteiger partial charge in [0.2, 0.25) is 0 Å². The minimum absolute atomic E-state index is 0.0466. The van der Waals surface area contributed by atoms with Gasteiger partial charge in [0, 0.05) is 25.2 Å². The topological polar surface area (TPSA) is 166 Å². The molecule has 1 aliphatic rings. The molecule has 0 radical (unpaired) electrons. The average molecular weight is 473 g/mol. The summed E-state index contributed by atoms with van der Waals surface area (Å²) in [5, 5.41) is 2.29. The maximum atomic E-state index is 12.5. The number of unbranched alkanes of at least 4 members (excludes halogenated alkanes) is 1. The van der Waals surface area contributed by atoms with Crippen LogP contribution in [-0.4, -0.2) is 52.3 Å². The second-order valence-electron chi connectivity index (χ2n) is 7.86. The summed E-state index contributed by atoms with van der Waals surface area (Å²) in [5.74, 6) is -0.805. The Hall–Kier alpha value is -3.40. The lowest BCUT2D eigenvalue weighted by atomic mass is 10.0. The normalized spacial score (nSPS) is 14.2. The predicted molar refractivity (Wildman–Crippen MR) is 129 cm³/mol. The monoisotopic (exact) mass is 472 g/mol. The molecule has 0 bridgehead atoms. The predicted octanol–water partition coefficient (Wildman–Crippen LogP) is 1.99. The second kappa shape index (κ2) is 11.5. The fraction of sp³-hybridized carbons (Fsp3) is 0.409. The lowest BCUT2D eigenvalue weighted by Crippen LogP contribution is -2.38. The first kappa shape index (κ1) is 24.2. The van der Waals surface area contributed by atoms with Crippen molar-refractivity contribution < 1.29 is 9.59 Å². The molecule has 176 valence electrons. The molecule has 2 amide bonds. The standard InChI is InChI=1S/C22H29ClN8O2/c23-17-19(25)29-18(24)16(28-17)20(32)30-22(26)27-11-3-2-6-14-7-9-15(10-8-14)21(33)31-12-4-1-5-13-31/h7-10H,1-6,11-13H2,(H4,24,25,29)(H3,26,27,30,32). The van der Waals surface area contributed by atoms with E-state index >= 15 is 0 Å². The molecule has 2 heterocycles. The van der Waals surface area contributed by atoms with Gasteiger partial charge in [-0.25, -0.2) is 9.97 Å². The van der Waals surface area contributed by atoms with Crippen LogP contribution in [0.4, 0.5) is 11.6 Å². The van der Waals surface area contributed by atoms with Crippen molar-refractivity contribution in [3.05, 3.63) is 46.2 Å². The van der Waals surface area contributed by atoms with Crippen LogP contribution < -0.4 is 22.5 Å². The van der Waals surface area contributed by atoms with Crippen LogP contribution in [0.15, 0.2) is 29.3 Å². The van der Waals surface area contributed by atoms with E-state index in [1.807, 2.05) is 29.2 Å². The summed E-state index contributed by atoms with van der Waals surface area (Å²) in [4.78, 5) is 38.4. The minimum Gasteiger partial charge on any atom is -0.382 e. The summed E-state index contributed by atoms with van der Waals surface area (Å²) in [6.45, 7) is 2.14. The molecule has 11 heteroatoms. The molecule has 0 atom stereocenters. The van der Waals surface area contributed by atoms with E-state index in [1.54, 1.807) is 0 Å². The van der Waals surface area contributed by atoms with E-state index in [2.05, 4.69) is 20.3 Å². The number of nitrogens with zero attached hydrogens (tertiary/aromatic N) is 4. The van der Waals surface area contributed by atoms with Crippen LogP contribution in [0.25, 0.3) is 0 Å². The number of aliphatic imine (C=N–C) groups is 1. The van der Waals surface area contributed by atoms with Crippen LogP contribution in [0.3, 0.4) is 0 Å². The molecule has 0 unspecified atom stereocenters. The van der Waals surface area contributed by atoms with Gasteiger partial charge in [-0.1, -0.05) is 23.7 Å². The van der Waals surface area contributed by atoms with Crippen molar-refractivity contribution in [1.29, 1.82) is 0 Å². The number of aromatic nitrogens is 2. The van der Waals surface area contributed by atoms with Crippen LogP contribution in [0.2, 0.25) is 5.15 Å². The van der Waals surface area contributed by atoms with Crippen molar-refractivity contribution in [2.45, 2.75) is 38.5 Å². The van der Waals surface area contributed by atoms with Gasteiger partial charge < -0.3 is 22.1 Å². The van der Waals surface area contributed by atoms with E-state index in [9.17, 15) is 9.59 Å². The van der Waals surface area contributed by atoms with E-state index in [-0.39, 0.29) is 34.3 Å². The molecular weight excluding hydrogens is 444 g/mol. The Bertz CT molecular complexity index is 1020. The third-order valence-electron chi connectivity index (χ3n) is 5.36. The number of amides is 2. The molecule has 1 aromatic carbocycles. The number of hydrogen-bond acceptors (Lipinski definition) is 7. The Kier molecular flexibility index (Phi) is 8.42. The minimum atomic E-state index is -0.664. The zero-order valence-corrected chi connectivity index (χ0v) is 19.1. The van der Waals surface area contributed by atoms with Crippen molar-refractivity contribution >= 4 is 41.0 Å². The maximum absolute atomic E-state index is 12.5. The molecule has 0 saturated carbocycles. The summed E-state index contributed by atoms with van der Waals surface area (Å²) < 4.78 is 0. The highest BCUT2D eigenvalue weighted by Gasteiger charge is 2.18. The van der Waals surface area contributed by atoms with Gasteiger partial charge in [-0.05, 0) is 56.2 Å². The first-order valence-electron chi connectivity index (χ1n) is 10.9. The molecule has 0 spiro atoms. The van der Waals surface area contributed by atoms with E-state index < -0.39 is 5.91 Å². The largest absolute Gasteiger partial charge is 0.382 e. The maximum Gasteiger partial charge on any atom is 0.280 e. The van der Waals surface area contributed by atoms with Crippen LogP contribution in [0.1, 0.15) is 58.5 Å². The summed E-state index contributed by atoms with van der Waals surface area (Å²) in [7, 11) is 0. The van der Waals surface area contributed by atoms with Crippen molar-refractivity contribution in [2.24, 2.45) is 10.7 Å². The van der Waals surface area contributed by atoms with Gasteiger partial charge in [0.15, 0.2) is 28.4 Å². The fourth-order valence-corrected chi connectivity index (χ4v) is 3.68. The summed E-state index contributed by atoms with van der Waals surface area (Å²) >= 11 is 5.78. The van der Waals surface area contributed by atoms with Gasteiger partial charge >= 0.3 is 0 Å². The Balaban J connectivity index is 1.41. The third kappa shape index (κ3) is 6.79. The summed E-state index contributed by atoms with van der Waals surface area (Å²) in [6, 6.07) is 7.79. The number of halogens is 1. The number of guanidine groups is 1. The number of nitrogen functional groups attached to an aromatic ring is 2. The molecular formula is C22H29ClN8O2. The Labute approximate surface area is 197 Å². The van der Waals surface area contributed by atoms with Gasteiger partial charge in [0.05, 0.1) is 0 Å². The number of benzene rings is 1. The highest BCUT2D eigenvalue weighted by atomic mass is 35.5. The molecule has 1 aromatic heterocycles. The molecule has 1 fully saturated rings. The van der Waals surface area contributed by atoms with Crippen LogP contribution in [-0.2, 0) is 6.42 Å². The van der Waals surface area contributed by atoms with Gasteiger partial charge in [-0.2, -0.15) is 0 Å². The second-order valence-corrected chi connectivity index (χ2v) is 8.22. The number of hydrogen-bond donors (Lipinski definition) is 4. The van der Waals surface area contributed by atoms with Gasteiger partial charge in [0.1, 0.15) is 0 Å². The SMILES string of the molecule is NC(=NCCCCc1ccc(C(=O)N2CCCCC2)cc1)NC(=O)c1nc(Cl)c(N)nc1N. The summed E-state index contributed by atoms with van der Waals surface area (Å²) in [5.41, 5.74) is 18.6. The number of aryl methyl sites for hydroxylation is 1. The molecule has 3 rings (SSSR count). The first-order chi connectivity index (χ1) is 15.8. The molecule has 33 heavy (non-hydrogen) atoms. The van der Waals surface area contributed by atoms with E-state index in [1.165, 1.54) is 6.42 Å². The summed E-state index contributed by atoms with van der Waals surface area (Å²) in [6.07, 6.45) is 5.88. The third-order valence-corrected chi connectivity index (χ3v) is 5.64. The Morgan fingerprint density at radius 3 is 2.42 bits per heavy atom. The number of rotatable bonds is 7. The Morgan fingerprint density at radius 1 is 1.03 bits per heavy atom. The molecule has 10 nitrogen and oxygen atoms in total. The molecule has 0 aliphatic carbocycles. The number of likely N-dealkylation sites (tertiary alicyclic amines) is 1. The number of anilines is 2. The van der Waals surface area contributed by atoms with Gasteiger partial charge in [0.25, 0.3) is 11.8 Å². The fourth-order valence-electron chi connectivity index (χ4n) is 3.56. The quantitative estimate of drug-likeness (QED) is 0.271. The molecule has 1 saturated heterocycles. The van der Waals surface area contributed by atoms with Crippen molar-refractivity contribution in [3.8, 4) is 0 Å². The Morgan fingerprint density at radius 2 is 1.73 bits per heavy atom. The van der Waals surface area contributed by atoms with E-state index in [4.69, 9.17) is 28.8 Å². The molecule has 1 aliphatic heterocycles. The molecule has 7 N–H and O–H groups in total. The zero-order chi connectivity index (χ0) is 23.8.